The molecule has 7 heteroatoms. The van der Waals surface area contributed by atoms with Crippen molar-refractivity contribution in [3.63, 3.8) is 0 Å². The van der Waals surface area contributed by atoms with Gasteiger partial charge >= 0.3 is 0 Å². The van der Waals surface area contributed by atoms with E-state index in [0.717, 1.165) is 6.26 Å². The highest BCUT2D eigenvalue weighted by molar-refractivity contribution is 7.90. The second kappa shape index (κ2) is 6.01. The van der Waals surface area contributed by atoms with Crippen LogP contribution in [0.1, 0.15) is 5.56 Å². The minimum atomic E-state index is -3.29. The highest BCUT2D eigenvalue weighted by Gasteiger charge is 2.08. The first-order chi connectivity index (χ1) is 9.90. The normalized spacial score (nSPS) is 11.1. The number of aromatic hydroxyl groups is 1. The average molecular weight is 308 g/mol. The van der Waals surface area contributed by atoms with Crippen molar-refractivity contribution >= 4 is 15.5 Å². The molecule has 1 aromatic heterocycles. The number of hydrogen-bond donors (Lipinski definition) is 2. The van der Waals surface area contributed by atoms with Crippen LogP contribution in [0.4, 0.5) is 5.69 Å². The van der Waals surface area contributed by atoms with Crippen molar-refractivity contribution < 1.29 is 18.3 Å². The summed E-state index contributed by atoms with van der Waals surface area (Å²) in [5.41, 5.74) is 1.36. The molecule has 0 fully saturated rings. The molecule has 2 rings (SSSR count). The number of benzene rings is 1. The Morgan fingerprint density at radius 3 is 2.57 bits per heavy atom. The monoisotopic (exact) mass is 308 g/mol. The Morgan fingerprint density at radius 1 is 1.29 bits per heavy atom. The predicted octanol–water partition coefficient (Wildman–Crippen LogP) is 1.81. The van der Waals surface area contributed by atoms with Crippen LogP contribution >= 0.6 is 0 Å². The third-order valence-corrected chi connectivity index (χ3v) is 3.89. The first kappa shape index (κ1) is 15.1. The van der Waals surface area contributed by atoms with E-state index in [1.165, 1.54) is 25.4 Å². The molecule has 6 nitrogen and oxygen atoms in total. The maximum Gasteiger partial charge on any atom is 0.192 e. The molecule has 0 aliphatic carbocycles. The summed E-state index contributed by atoms with van der Waals surface area (Å²) < 4.78 is 27.6. The number of phenols is 1. The molecule has 0 aliphatic heterocycles. The second-order valence-electron chi connectivity index (χ2n) is 4.51. The Bertz CT molecular complexity index is 727. The fourth-order valence-corrected chi connectivity index (χ4v) is 2.28. The van der Waals surface area contributed by atoms with E-state index in [-0.39, 0.29) is 10.8 Å². The SMILES string of the molecule is COc1ccc(CNc2ccc(S(C)(=O)=O)nc2)c(O)c1. The number of ether oxygens (including phenoxy) is 1. The number of rotatable bonds is 5. The van der Waals surface area contributed by atoms with Crippen LogP contribution in [0, 0.1) is 0 Å². The van der Waals surface area contributed by atoms with Crippen molar-refractivity contribution in [2.24, 2.45) is 0 Å². The Kier molecular flexibility index (Phi) is 4.32. The summed E-state index contributed by atoms with van der Waals surface area (Å²) in [7, 11) is -1.76. The van der Waals surface area contributed by atoms with Gasteiger partial charge in [-0.1, -0.05) is 0 Å². The molecule has 0 atom stereocenters. The molecule has 0 saturated heterocycles. The molecular formula is C14H16N2O4S. The lowest BCUT2D eigenvalue weighted by atomic mass is 10.2. The summed E-state index contributed by atoms with van der Waals surface area (Å²) in [4.78, 5) is 3.88. The zero-order valence-electron chi connectivity index (χ0n) is 11.7. The summed E-state index contributed by atoms with van der Waals surface area (Å²) in [5.74, 6) is 0.706. The van der Waals surface area contributed by atoms with Crippen LogP contribution in [-0.2, 0) is 16.4 Å². The lowest BCUT2D eigenvalue weighted by Gasteiger charge is -2.09. The van der Waals surface area contributed by atoms with Gasteiger partial charge in [0.05, 0.1) is 19.0 Å². The topological polar surface area (TPSA) is 88.5 Å². The lowest BCUT2D eigenvalue weighted by molar-refractivity contribution is 0.406. The third kappa shape index (κ3) is 3.85. The number of anilines is 1. The van der Waals surface area contributed by atoms with Gasteiger partial charge in [-0.2, -0.15) is 0 Å². The van der Waals surface area contributed by atoms with E-state index in [4.69, 9.17) is 4.74 Å². The van der Waals surface area contributed by atoms with Gasteiger partial charge in [-0.15, -0.1) is 0 Å². The van der Waals surface area contributed by atoms with Crippen molar-refractivity contribution in [3.8, 4) is 11.5 Å². The molecule has 1 aromatic carbocycles. The van der Waals surface area contributed by atoms with E-state index in [9.17, 15) is 13.5 Å². The van der Waals surface area contributed by atoms with Crippen LogP contribution in [0.15, 0.2) is 41.6 Å². The number of aromatic nitrogens is 1. The molecule has 2 aromatic rings. The van der Waals surface area contributed by atoms with Gasteiger partial charge in [-0.25, -0.2) is 13.4 Å². The molecule has 0 amide bonds. The summed E-state index contributed by atoms with van der Waals surface area (Å²) in [6.45, 7) is 0.385. The number of pyridine rings is 1. The minimum Gasteiger partial charge on any atom is -0.507 e. The number of nitrogens with zero attached hydrogens (tertiary/aromatic N) is 1. The van der Waals surface area contributed by atoms with Crippen molar-refractivity contribution in [1.29, 1.82) is 0 Å². The quantitative estimate of drug-likeness (QED) is 0.876. The van der Waals surface area contributed by atoms with E-state index >= 15 is 0 Å². The second-order valence-corrected chi connectivity index (χ2v) is 6.47. The summed E-state index contributed by atoms with van der Waals surface area (Å²) in [6.07, 6.45) is 2.55. The van der Waals surface area contributed by atoms with E-state index in [2.05, 4.69) is 10.3 Å². The van der Waals surface area contributed by atoms with Gasteiger partial charge in [0.2, 0.25) is 0 Å². The zero-order chi connectivity index (χ0) is 15.5. The average Bonchev–Trinajstić information content (AvgIpc) is 2.45. The lowest BCUT2D eigenvalue weighted by Crippen LogP contribution is -2.03. The third-order valence-electron chi connectivity index (χ3n) is 2.89. The molecule has 0 radical (unpaired) electrons. The van der Waals surface area contributed by atoms with Crippen LogP contribution < -0.4 is 10.1 Å². The number of hydrogen-bond acceptors (Lipinski definition) is 6. The van der Waals surface area contributed by atoms with E-state index in [1.54, 1.807) is 18.2 Å². The molecule has 0 spiro atoms. The van der Waals surface area contributed by atoms with Crippen LogP contribution in [-0.4, -0.2) is 31.9 Å². The van der Waals surface area contributed by atoms with Crippen LogP contribution in [0.25, 0.3) is 0 Å². The van der Waals surface area contributed by atoms with Crippen molar-refractivity contribution in [3.05, 3.63) is 42.1 Å². The molecule has 0 unspecified atom stereocenters. The minimum absolute atomic E-state index is 0.0281. The first-order valence-corrected chi connectivity index (χ1v) is 8.05. The van der Waals surface area contributed by atoms with Gasteiger partial charge in [0.15, 0.2) is 14.9 Å². The van der Waals surface area contributed by atoms with E-state index < -0.39 is 9.84 Å². The molecule has 112 valence electrons. The van der Waals surface area contributed by atoms with Crippen molar-refractivity contribution in [2.75, 3.05) is 18.7 Å². The van der Waals surface area contributed by atoms with E-state index in [1.807, 2.05) is 0 Å². The van der Waals surface area contributed by atoms with E-state index in [0.29, 0.717) is 23.5 Å². The Labute approximate surface area is 123 Å². The first-order valence-electron chi connectivity index (χ1n) is 6.16. The predicted molar refractivity (Wildman–Crippen MR) is 79.3 cm³/mol. The Morgan fingerprint density at radius 2 is 2.05 bits per heavy atom. The largest absolute Gasteiger partial charge is 0.507 e. The Balaban J connectivity index is 2.06. The maximum absolute atomic E-state index is 11.3. The number of nitrogens with one attached hydrogen (secondary N) is 1. The molecule has 0 saturated carbocycles. The van der Waals surface area contributed by atoms with Crippen LogP contribution in [0.5, 0.6) is 11.5 Å². The van der Waals surface area contributed by atoms with Crippen molar-refractivity contribution in [2.45, 2.75) is 11.6 Å². The Hall–Kier alpha value is -2.28. The number of methoxy groups -OCH3 is 1. The highest BCUT2D eigenvalue weighted by atomic mass is 32.2. The summed E-state index contributed by atoms with van der Waals surface area (Å²) >= 11 is 0. The van der Waals surface area contributed by atoms with Gasteiger partial charge in [0.25, 0.3) is 0 Å². The van der Waals surface area contributed by atoms with Crippen LogP contribution in [0.3, 0.4) is 0 Å². The smallest absolute Gasteiger partial charge is 0.192 e. The summed E-state index contributed by atoms with van der Waals surface area (Å²) in [5, 5.41) is 12.9. The molecule has 21 heavy (non-hydrogen) atoms. The van der Waals surface area contributed by atoms with Gasteiger partial charge < -0.3 is 15.2 Å². The molecule has 2 N–H and O–H groups in total. The van der Waals surface area contributed by atoms with Crippen LogP contribution in [0.2, 0.25) is 0 Å². The fraction of sp³-hybridized carbons (Fsp3) is 0.214. The number of phenolic OH excluding ortho intramolecular Hbond substituents is 1. The highest BCUT2D eigenvalue weighted by Crippen LogP contribution is 2.24. The zero-order valence-corrected chi connectivity index (χ0v) is 12.5. The molecule has 0 bridgehead atoms. The standard InChI is InChI=1S/C14H16N2O4S/c1-20-12-5-3-10(13(17)7-12)8-15-11-4-6-14(16-9-11)21(2,18)19/h3-7,9,15,17H,8H2,1-2H3. The van der Waals surface area contributed by atoms with Crippen molar-refractivity contribution in [1.82, 2.24) is 4.98 Å². The summed E-state index contributed by atoms with van der Waals surface area (Å²) in [6, 6.07) is 8.10. The maximum atomic E-state index is 11.3. The van der Waals surface area contributed by atoms with Gasteiger partial charge in [-0.3, -0.25) is 0 Å². The van der Waals surface area contributed by atoms with Gasteiger partial charge in [-0.05, 0) is 24.3 Å². The molecule has 0 aliphatic rings. The van der Waals surface area contributed by atoms with Gasteiger partial charge in [0, 0.05) is 24.4 Å². The molecular weight excluding hydrogens is 292 g/mol. The van der Waals surface area contributed by atoms with Gasteiger partial charge in [0.1, 0.15) is 11.5 Å². The molecule has 1 heterocycles. The number of sulfone groups is 1. The fourth-order valence-electron chi connectivity index (χ4n) is 1.72.